The Kier molecular flexibility index (Phi) is 4.49. The van der Waals surface area contributed by atoms with Crippen LogP contribution in [0.2, 0.25) is 0 Å². The van der Waals surface area contributed by atoms with Gasteiger partial charge in [-0.1, -0.05) is 12.1 Å². The van der Waals surface area contributed by atoms with Crippen LogP contribution in [0, 0.1) is 0 Å². The van der Waals surface area contributed by atoms with E-state index in [1.807, 2.05) is 6.07 Å². The third-order valence-corrected chi connectivity index (χ3v) is 5.70. The first kappa shape index (κ1) is 18.2. The van der Waals surface area contributed by atoms with Crippen LogP contribution in [-0.4, -0.2) is 43.3 Å². The number of anilines is 1. The van der Waals surface area contributed by atoms with Crippen LogP contribution in [0.4, 0.5) is 20.3 Å². The molecule has 3 aromatic rings. The van der Waals surface area contributed by atoms with Gasteiger partial charge in [0.1, 0.15) is 5.75 Å². The van der Waals surface area contributed by atoms with Crippen molar-refractivity contribution in [3.8, 4) is 5.75 Å². The number of hydrogen-bond donors (Lipinski definition) is 0. The fraction of sp³-hybridized carbons (Fsp3) is 0.333. The standard InChI is InChI=1S/C21H21BF2N3O2/c1-28-20-15(12-14-6-4-10-26-11-5-7-16(20)19(14)26)13-27(22(23)24)21-25-17-8-2-3-9-18(17)29-21/h2-3,8-9,12-13H,4-7,10-11H2,1H3/q+1. The van der Waals surface area contributed by atoms with Gasteiger partial charge in [0, 0.05) is 24.3 Å². The summed E-state index contributed by atoms with van der Waals surface area (Å²) in [6, 6.07) is 8.90. The number of methoxy groups -OCH3 is 1. The normalized spacial score (nSPS) is 16.1. The van der Waals surface area contributed by atoms with Crippen molar-refractivity contribution in [1.29, 1.82) is 0 Å². The van der Waals surface area contributed by atoms with Crippen LogP contribution in [0.5, 0.6) is 5.75 Å². The molecule has 2 aliphatic rings. The van der Waals surface area contributed by atoms with Crippen LogP contribution in [0.25, 0.3) is 11.1 Å². The molecular weight excluding hydrogens is 375 g/mol. The maximum absolute atomic E-state index is 14.0. The minimum absolute atomic E-state index is 0.128. The predicted molar refractivity (Wildman–Crippen MR) is 109 cm³/mol. The number of oxazole rings is 1. The monoisotopic (exact) mass is 396 g/mol. The minimum atomic E-state index is -2.79. The van der Waals surface area contributed by atoms with Crippen LogP contribution < -0.4 is 9.64 Å². The average Bonchev–Trinajstić information content (AvgIpc) is 3.16. The Morgan fingerprint density at radius 3 is 2.76 bits per heavy atom. The number of ether oxygens (including phenoxy) is 1. The van der Waals surface area contributed by atoms with Gasteiger partial charge in [0.15, 0.2) is 5.58 Å². The molecule has 2 aliphatic heterocycles. The molecule has 0 bridgehead atoms. The molecule has 0 saturated heterocycles. The maximum Gasteiger partial charge on any atom is 0.811 e. The van der Waals surface area contributed by atoms with Gasteiger partial charge in [0.2, 0.25) is 5.52 Å². The van der Waals surface area contributed by atoms with E-state index < -0.39 is 7.40 Å². The number of halogens is 2. The van der Waals surface area contributed by atoms with E-state index in [-0.39, 0.29) is 6.01 Å². The summed E-state index contributed by atoms with van der Waals surface area (Å²) < 4.78 is 40.0. The predicted octanol–water partition coefficient (Wildman–Crippen LogP) is 4.22. The molecule has 0 atom stereocenters. The number of fused-ring (bicyclic) bond motifs is 1. The summed E-state index contributed by atoms with van der Waals surface area (Å²) in [7, 11) is -1.19. The quantitative estimate of drug-likeness (QED) is 0.489. The Hall–Kier alpha value is -2.90. The van der Waals surface area contributed by atoms with Crippen LogP contribution >= 0.6 is 0 Å². The Morgan fingerprint density at radius 1 is 1.21 bits per heavy atom. The lowest BCUT2D eigenvalue weighted by Gasteiger charge is -2.37. The van der Waals surface area contributed by atoms with Crippen molar-refractivity contribution in [2.45, 2.75) is 25.7 Å². The van der Waals surface area contributed by atoms with E-state index in [2.05, 4.69) is 9.88 Å². The largest absolute Gasteiger partial charge is 0.811 e. The molecule has 0 unspecified atom stereocenters. The van der Waals surface area contributed by atoms with Crippen molar-refractivity contribution in [2.24, 2.45) is 0 Å². The summed E-state index contributed by atoms with van der Waals surface area (Å²) in [5.41, 5.74) is 5.21. The molecule has 0 radical (unpaired) electrons. The molecule has 0 N–H and O–H groups in total. The van der Waals surface area contributed by atoms with Crippen LogP contribution in [0.3, 0.4) is 0 Å². The third-order valence-electron chi connectivity index (χ3n) is 5.70. The van der Waals surface area contributed by atoms with Gasteiger partial charge in [0.25, 0.3) is 0 Å². The number of rotatable bonds is 4. The molecule has 0 amide bonds. The van der Waals surface area contributed by atoms with Crippen molar-refractivity contribution in [3.63, 3.8) is 0 Å². The molecule has 0 aliphatic carbocycles. The molecule has 5 rings (SSSR count). The molecule has 29 heavy (non-hydrogen) atoms. The summed E-state index contributed by atoms with van der Waals surface area (Å²) in [4.78, 5) is 6.64. The van der Waals surface area contributed by atoms with Gasteiger partial charge < -0.3 is 14.1 Å². The Morgan fingerprint density at radius 2 is 2.00 bits per heavy atom. The van der Waals surface area contributed by atoms with Gasteiger partial charge in [0.05, 0.1) is 18.9 Å². The van der Waals surface area contributed by atoms with E-state index in [0.29, 0.717) is 22.4 Å². The van der Waals surface area contributed by atoms with E-state index in [4.69, 9.17) is 9.15 Å². The maximum atomic E-state index is 14.0. The fourth-order valence-electron chi connectivity index (χ4n) is 4.51. The van der Waals surface area contributed by atoms with E-state index >= 15 is 0 Å². The van der Waals surface area contributed by atoms with Crippen LogP contribution in [0.15, 0.2) is 34.7 Å². The molecule has 0 fully saturated rings. The van der Waals surface area contributed by atoms with Crippen LogP contribution in [0.1, 0.15) is 29.5 Å². The Labute approximate surface area is 167 Å². The zero-order chi connectivity index (χ0) is 20.0. The zero-order valence-electron chi connectivity index (χ0n) is 16.2. The second-order valence-corrected chi connectivity index (χ2v) is 7.46. The second-order valence-electron chi connectivity index (χ2n) is 7.46. The van der Waals surface area contributed by atoms with Crippen molar-refractivity contribution in [2.75, 3.05) is 25.1 Å². The molecule has 5 nitrogen and oxygen atoms in total. The molecule has 0 saturated carbocycles. The minimum Gasteiger partial charge on any atom is -0.496 e. The Balaban J connectivity index is 1.68. The first-order chi connectivity index (χ1) is 14.2. The van der Waals surface area contributed by atoms with E-state index in [1.54, 1.807) is 31.4 Å². The van der Waals surface area contributed by atoms with E-state index in [1.165, 1.54) is 17.5 Å². The molecule has 0 spiro atoms. The van der Waals surface area contributed by atoms with Gasteiger partial charge in [-0.3, -0.25) is 0 Å². The van der Waals surface area contributed by atoms with E-state index in [9.17, 15) is 8.63 Å². The van der Waals surface area contributed by atoms with Gasteiger partial charge >= 0.3 is 13.4 Å². The summed E-state index contributed by atoms with van der Waals surface area (Å²) in [6.45, 7) is 2.08. The molecule has 148 valence electrons. The lowest BCUT2D eigenvalue weighted by molar-refractivity contribution is -0.329. The van der Waals surface area contributed by atoms with Gasteiger partial charge in [-0.25, -0.2) is 8.63 Å². The fourth-order valence-corrected chi connectivity index (χ4v) is 4.51. The summed E-state index contributed by atoms with van der Waals surface area (Å²) in [6.07, 6.45) is 5.35. The van der Waals surface area contributed by atoms with Gasteiger partial charge in [-0.05, 0) is 54.4 Å². The number of benzene rings is 2. The highest BCUT2D eigenvalue weighted by molar-refractivity contribution is 6.34. The second kappa shape index (κ2) is 7.17. The lowest BCUT2D eigenvalue weighted by Crippen LogP contribution is -2.35. The summed E-state index contributed by atoms with van der Waals surface area (Å²) in [5.74, 6) is 0.664. The smallest absolute Gasteiger partial charge is 0.496 e. The molecular formula is C21H21BF2N3O2+. The zero-order valence-corrected chi connectivity index (χ0v) is 16.2. The van der Waals surface area contributed by atoms with Gasteiger partial charge in [-0.2, -0.15) is 4.49 Å². The first-order valence-corrected chi connectivity index (χ1v) is 9.90. The lowest BCUT2D eigenvalue weighted by atomic mass is 9.89. The number of aromatic nitrogens is 1. The third kappa shape index (κ3) is 3.07. The van der Waals surface area contributed by atoms with Crippen molar-refractivity contribution >= 4 is 36.4 Å². The summed E-state index contributed by atoms with van der Waals surface area (Å²) in [5, 5.41) is 0. The molecule has 1 aromatic heterocycles. The SMILES string of the molecule is COc1c(/C=[N+](\B(F)F)c2nc3ccccc3o2)cc2c3c1CCCN3CCC2. The van der Waals surface area contributed by atoms with Crippen molar-refractivity contribution in [1.82, 2.24) is 4.98 Å². The molecule has 3 heterocycles. The topological polar surface area (TPSA) is 41.5 Å². The number of nitrogens with zero attached hydrogens (tertiary/aromatic N) is 3. The van der Waals surface area contributed by atoms with E-state index in [0.717, 1.165) is 48.8 Å². The number of para-hydroxylation sites is 2. The number of hydrogen-bond acceptors (Lipinski definition) is 4. The first-order valence-electron chi connectivity index (χ1n) is 9.90. The Bertz CT molecular complexity index is 1080. The van der Waals surface area contributed by atoms with Gasteiger partial charge in [-0.15, -0.1) is 0 Å². The van der Waals surface area contributed by atoms with Crippen molar-refractivity contribution in [3.05, 3.63) is 47.0 Å². The van der Waals surface area contributed by atoms with Crippen molar-refractivity contribution < 1.29 is 22.3 Å². The highest BCUT2D eigenvalue weighted by atomic mass is 19.2. The molecule has 2 aromatic carbocycles. The summed E-state index contributed by atoms with van der Waals surface area (Å²) >= 11 is 0. The molecule has 8 heteroatoms. The van der Waals surface area contributed by atoms with Crippen LogP contribution in [-0.2, 0) is 12.8 Å². The highest BCUT2D eigenvalue weighted by Crippen LogP contribution is 2.42. The highest BCUT2D eigenvalue weighted by Gasteiger charge is 2.36. The number of aryl methyl sites for hydroxylation is 1. The average molecular weight is 396 g/mol.